The number of carbonyl (C=O) groups is 2. The number of hydrogen-bond acceptors (Lipinski definition) is 2. The van der Waals surface area contributed by atoms with Gasteiger partial charge < -0.3 is 4.90 Å². The minimum atomic E-state index is -0.167. The second-order valence-electron chi connectivity index (χ2n) is 5.66. The van der Waals surface area contributed by atoms with Crippen LogP contribution in [-0.2, 0) is 15.0 Å². The van der Waals surface area contributed by atoms with E-state index in [1.165, 1.54) is 5.56 Å². The van der Waals surface area contributed by atoms with Crippen molar-refractivity contribution in [2.45, 2.75) is 38.8 Å². The lowest BCUT2D eigenvalue weighted by Crippen LogP contribution is -2.52. The minimum Gasteiger partial charge on any atom is -0.321 e. The van der Waals surface area contributed by atoms with Crippen molar-refractivity contribution in [1.29, 1.82) is 0 Å². The molecule has 1 fully saturated rings. The minimum absolute atomic E-state index is 0.00525. The van der Waals surface area contributed by atoms with Gasteiger partial charge in [0.15, 0.2) is 0 Å². The number of para-hydroxylation sites is 1. The molecule has 0 N–H and O–H groups in total. The van der Waals surface area contributed by atoms with Crippen LogP contribution >= 0.6 is 0 Å². The number of anilines is 1. The molecule has 2 amide bonds. The zero-order chi connectivity index (χ0) is 13.8. The van der Waals surface area contributed by atoms with Gasteiger partial charge in [0.25, 0.3) is 0 Å². The molecule has 1 aromatic carbocycles. The molecular formula is C15H18N2O2. The number of amides is 2. The van der Waals surface area contributed by atoms with Crippen molar-refractivity contribution < 1.29 is 9.59 Å². The van der Waals surface area contributed by atoms with Crippen LogP contribution in [0.4, 0.5) is 5.69 Å². The first-order valence-corrected chi connectivity index (χ1v) is 6.63. The van der Waals surface area contributed by atoms with Gasteiger partial charge in [-0.25, -0.2) is 0 Å². The van der Waals surface area contributed by atoms with Crippen LogP contribution in [0.2, 0.25) is 0 Å². The zero-order valence-corrected chi connectivity index (χ0v) is 11.5. The molecule has 0 spiro atoms. The smallest absolute Gasteiger partial charge is 0.225 e. The lowest BCUT2D eigenvalue weighted by atomic mass is 9.81. The fraction of sp³-hybridized carbons (Fsp3) is 0.467. The summed E-state index contributed by atoms with van der Waals surface area (Å²) < 4.78 is 0. The molecule has 100 valence electrons. The van der Waals surface area contributed by atoms with Gasteiger partial charge in [0.05, 0.1) is 0 Å². The van der Waals surface area contributed by atoms with Gasteiger partial charge in [0.2, 0.25) is 11.8 Å². The number of fused-ring (bicyclic) bond motifs is 3. The van der Waals surface area contributed by atoms with Crippen molar-refractivity contribution in [2.75, 3.05) is 11.4 Å². The van der Waals surface area contributed by atoms with E-state index in [1.54, 1.807) is 18.7 Å². The molecule has 3 rings (SSSR count). The van der Waals surface area contributed by atoms with Crippen LogP contribution in [0.5, 0.6) is 0 Å². The highest BCUT2D eigenvalue weighted by Gasteiger charge is 2.56. The van der Waals surface area contributed by atoms with E-state index in [-0.39, 0.29) is 23.4 Å². The maximum atomic E-state index is 12.0. The first kappa shape index (κ1) is 12.2. The van der Waals surface area contributed by atoms with Crippen LogP contribution in [0.3, 0.4) is 0 Å². The normalized spacial score (nSPS) is 28.3. The number of carbonyl (C=O) groups excluding carboxylic acids is 2. The molecule has 0 aliphatic carbocycles. The molecule has 0 bridgehead atoms. The second kappa shape index (κ2) is 3.83. The van der Waals surface area contributed by atoms with Gasteiger partial charge in [-0.05, 0) is 18.1 Å². The first-order chi connectivity index (χ1) is 8.97. The van der Waals surface area contributed by atoms with Gasteiger partial charge in [-0.1, -0.05) is 25.1 Å². The fourth-order valence-corrected chi connectivity index (χ4v) is 3.62. The highest BCUT2D eigenvalue weighted by Crippen LogP contribution is 2.51. The number of rotatable bonds is 0. The summed E-state index contributed by atoms with van der Waals surface area (Å²) in [4.78, 5) is 27.5. The van der Waals surface area contributed by atoms with E-state index in [1.807, 2.05) is 23.1 Å². The standard InChI is InChI=1S/C15H18N2O2/c1-10(18)16-9-8-15(3)12-6-4-5-7-13(12)17(11(2)19)14(15)16/h4-7,14H,8-9H2,1-3H3. The number of benzene rings is 1. The van der Waals surface area contributed by atoms with Gasteiger partial charge in [0, 0.05) is 31.5 Å². The van der Waals surface area contributed by atoms with Crippen molar-refractivity contribution in [1.82, 2.24) is 4.90 Å². The Morgan fingerprint density at radius 3 is 2.53 bits per heavy atom. The van der Waals surface area contributed by atoms with E-state index < -0.39 is 0 Å². The molecule has 0 radical (unpaired) electrons. The number of hydrogen-bond donors (Lipinski definition) is 0. The predicted octanol–water partition coefficient (Wildman–Crippen LogP) is 1.89. The van der Waals surface area contributed by atoms with E-state index in [0.717, 1.165) is 12.1 Å². The van der Waals surface area contributed by atoms with Gasteiger partial charge in [0.1, 0.15) is 6.17 Å². The van der Waals surface area contributed by atoms with Crippen LogP contribution in [0.15, 0.2) is 24.3 Å². The Kier molecular flexibility index (Phi) is 2.46. The van der Waals surface area contributed by atoms with Crippen LogP contribution < -0.4 is 4.90 Å². The lowest BCUT2D eigenvalue weighted by Gasteiger charge is -2.34. The van der Waals surface area contributed by atoms with E-state index in [0.29, 0.717) is 6.54 Å². The number of likely N-dealkylation sites (tertiary alicyclic amines) is 1. The van der Waals surface area contributed by atoms with Crippen LogP contribution in [0.1, 0.15) is 32.8 Å². The Hall–Kier alpha value is -1.84. The Morgan fingerprint density at radius 2 is 1.89 bits per heavy atom. The summed E-state index contributed by atoms with van der Waals surface area (Å²) in [6.07, 6.45) is 0.734. The van der Waals surface area contributed by atoms with Crippen LogP contribution in [-0.4, -0.2) is 29.4 Å². The SMILES string of the molecule is CC(=O)N1CCC2(C)c3ccccc3N(C(C)=O)C12. The predicted molar refractivity (Wildman–Crippen MR) is 72.7 cm³/mol. The molecule has 2 heterocycles. The Bertz CT molecular complexity index is 569. The summed E-state index contributed by atoms with van der Waals surface area (Å²) in [6.45, 7) is 6.02. The second-order valence-corrected chi connectivity index (χ2v) is 5.66. The third-order valence-corrected chi connectivity index (χ3v) is 4.50. The van der Waals surface area contributed by atoms with E-state index in [9.17, 15) is 9.59 Å². The third-order valence-electron chi connectivity index (χ3n) is 4.50. The van der Waals surface area contributed by atoms with Crippen molar-refractivity contribution in [3.63, 3.8) is 0 Å². The molecule has 4 heteroatoms. The number of nitrogens with zero attached hydrogens (tertiary/aromatic N) is 2. The van der Waals surface area contributed by atoms with Crippen molar-refractivity contribution in [3.05, 3.63) is 29.8 Å². The molecule has 19 heavy (non-hydrogen) atoms. The molecule has 1 aromatic rings. The molecule has 2 unspecified atom stereocenters. The molecule has 1 saturated heterocycles. The lowest BCUT2D eigenvalue weighted by molar-refractivity contribution is -0.130. The maximum Gasteiger partial charge on any atom is 0.225 e. The summed E-state index contributed by atoms with van der Waals surface area (Å²) >= 11 is 0. The molecule has 2 aliphatic heterocycles. The largest absolute Gasteiger partial charge is 0.321 e. The monoisotopic (exact) mass is 258 g/mol. The summed E-state index contributed by atoms with van der Waals surface area (Å²) in [5.74, 6) is 0.0297. The fourth-order valence-electron chi connectivity index (χ4n) is 3.62. The quantitative estimate of drug-likeness (QED) is 0.713. The van der Waals surface area contributed by atoms with Crippen molar-refractivity contribution >= 4 is 17.5 Å². The topological polar surface area (TPSA) is 40.6 Å². The average molecular weight is 258 g/mol. The Morgan fingerprint density at radius 1 is 1.21 bits per heavy atom. The van der Waals surface area contributed by atoms with Gasteiger partial charge in [-0.15, -0.1) is 0 Å². The molecule has 2 aliphatic rings. The van der Waals surface area contributed by atoms with E-state index in [4.69, 9.17) is 0 Å². The summed E-state index contributed by atoms with van der Waals surface area (Å²) in [7, 11) is 0. The summed E-state index contributed by atoms with van der Waals surface area (Å²) in [5, 5.41) is 0. The Balaban J connectivity index is 2.19. The zero-order valence-electron chi connectivity index (χ0n) is 11.5. The highest BCUT2D eigenvalue weighted by atomic mass is 16.2. The Labute approximate surface area is 113 Å². The molecule has 4 nitrogen and oxygen atoms in total. The first-order valence-electron chi connectivity index (χ1n) is 6.63. The summed E-state index contributed by atoms with van der Waals surface area (Å²) in [5.41, 5.74) is 1.99. The molecule has 2 atom stereocenters. The molecule has 0 aromatic heterocycles. The van der Waals surface area contributed by atoms with Gasteiger partial charge in [-0.3, -0.25) is 14.5 Å². The van der Waals surface area contributed by atoms with Crippen molar-refractivity contribution in [3.8, 4) is 0 Å². The third kappa shape index (κ3) is 1.46. The summed E-state index contributed by atoms with van der Waals surface area (Å²) in [6, 6.07) is 7.99. The van der Waals surface area contributed by atoms with Gasteiger partial charge in [-0.2, -0.15) is 0 Å². The molecular weight excluding hydrogens is 240 g/mol. The van der Waals surface area contributed by atoms with E-state index in [2.05, 4.69) is 13.0 Å². The average Bonchev–Trinajstić information content (AvgIpc) is 2.80. The van der Waals surface area contributed by atoms with Crippen LogP contribution in [0.25, 0.3) is 0 Å². The van der Waals surface area contributed by atoms with E-state index >= 15 is 0 Å². The van der Waals surface area contributed by atoms with Crippen molar-refractivity contribution in [2.24, 2.45) is 0 Å². The maximum absolute atomic E-state index is 12.0. The van der Waals surface area contributed by atoms with Gasteiger partial charge >= 0.3 is 0 Å². The highest BCUT2D eigenvalue weighted by molar-refractivity contribution is 5.96. The molecule has 0 saturated carbocycles. The van der Waals surface area contributed by atoms with Crippen LogP contribution in [0, 0.1) is 0 Å².